The SMILES string of the molecule is CCCCOc1ccc(C(=O)NCC(=O)NCCCN2CCCCCC2=O)cc1. The van der Waals surface area contributed by atoms with Crippen molar-refractivity contribution in [2.24, 2.45) is 0 Å². The van der Waals surface area contributed by atoms with E-state index in [2.05, 4.69) is 17.6 Å². The van der Waals surface area contributed by atoms with E-state index in [1.54, 1.807) is 24.3 Å². The molecule has 1 aromatic rings. The first-order valence-corrected chi connectivity index (χ1v) is 10.7. The van der Waals surface area contributed by atoms with Gasteiger partial charge in [-0.1, -0.05) is 19.8 Å². The summed E-state index contributed by atoms with van der Waals surface area (Å²) in [7, 11) is 0. The molecule has 0 aliphatic carbocycles. The lowest BCUT2D eigenvalue weighted by molar-refractivity contribution is -0.130. The molecule has 160 valence electrons. The molecule has 0 aromatic heterocycles. The molecule has 29 heavy (non-hydrogen) atoms. The van der Waals surface area contributed by atoms with E-state index in [4.69, 9.17) is 4.74 Å². The fraction of sp³-hybridized carbons (Fsp3) is 0.591. The van der Waals surface area contributed by atoms with Crippen LogP contribution in [0, 0.1) is 0 Å². The average molecular weight is 404 g/mol. The van der Waals surface area contributed by atoms with E-state index < -0.39 is 0 Å². The largest absolute Gasteiger partial charge is 0.494 e. The highest BCUT2D eigenvalue weighted by Gasteiger charge is 2.15. The number of amides is 3. The van der Waals surface area contributed by atoms with Crippen LogP contribution in [0.4, 0.5) is 0 Å². The molecule has 1 saturated heterocycles. The maximum Gasteiger partial charge on any atom is 0.251 e. The predicted molar refractivity (Wildman–Crippen MR) is 112 cm³/mol. The van der Waals surface area contributed by atoms with Gasteiger partial charge in [0, 0.05) is 31.6 Å². The van der Waals surface area contributed by atoms with Gasteiger partial charge in [-0.2, -0.15) is 0 Å². The van der Waals surface area contributed by atoms with Gasteiger partial charge in [-0.3, -0.25) is 14.4 Å². The molecule has 3 amide bonds. The zero-order valence-electron chi connectivity index (χ0n) is 17.4. The average Bonchev–Trinajstić information content (AvgIpc) is 2.94. The molecule has 7 heteroatoms. The van der Waals surface area contributed by atoms with Crippen LogP contribution in [-0.4, -0.2) is 55.4 Å². The summed E-state index contributed by atoms with van der Waals surface area (Å²) in [5, 5.41) is 5.41. The minimum absolute atomic E-state index is 0.0732. The molecule has 1 fully saturated rings. The predicted octanol–water partition coefficient (Wildman–Crippen LogP) is 2.50. The molecule has 0 atom stereocenters. The fourth-order valence-electron chi connectivity index (χ4n) is 3.13. The number of likely N-dealkylation sites (tertiary alicyclic amines) is 1. The maximum absolute atomic E-state index is 12.1. The van der Waals surface area contributed by atoms with Crippen molar-refractivity contribution in [2.45, 2.75) is 51.9 Å². The van der Waals surface area contributed by atoms with Crippen LogP contribution in [-0.2, 0) is 9.59 Å². The van der Waals surface area contributed by atoms with E-state index in [0.29, 0.717) is 38.1 Å². The second-order valence-electron chi connectivity index (χ2n) is 7.30. The summed E-state index contributed by atoms with van der Waals surface area (Å²) in [6, 6.07) is 6.89. The van der Waals surface area contributed by atoms with Gasteiger partial charge in [0.1, 0.15) is 5.75 Å². The molecule has 1 heterocycles. The molecule has 2 N–H and O–H groups in total. The van der Waals surface area contributed by atoms with Crippen molar-refractivity contribution in [1.82, 2.24) is 15.5 Å². The van der Waals surface area contributed by atoms with Crippen molar-refractivity contribution in [2.75, 3.05) is 32.8 Å². The van der Waals surface area contributed by atoms with E-state index in [0.717, 1.165) is 44.4 Å². The molecule has 2 rings (SSSR count). The molecule has 0 bridgehead atoms. The van der Waals surface area contributed by atoms with Gasteiger partial charge in [0.25, 0.3) is 5.91 Å². The summed E-state index contributed by atoms with van der Waals surface area (Å²) in [5.74, 6) is 0.411. The Hall–Kier alpha value is -2.57. The van der Waals surface area contributed by atoms with Crippen molar-refractivity contribution < 1.29 is 19.1 Å². The summed E-state index contributed by atoms with van der Waals surface area (Å²) >= 11 is 0. The smallest absolute Gasteiger partial charge is 0.251 e. The monoisotopic (exact) mass is 403 g/mol. The Balaban J connectivity index is 1.61. The Kier molecular flexibility index (Phi) is 10.0. The molecule has 1 aliphatic rings. The van der Waals surface area contributed by atoms with Crippen molar-refractivity contribution in [3.05, 3.63) is 29.8 Å². The lowest BCUT2D eigenvalue weighted by Crippen LogP contribution is -2.38. The van der Waals surface area contributed by atoms with Gasteiger partial charge in [0.05, 0.1) is 13.2 Å². The molecule has 0 saturated carbocycles. The molecule has 1 aromatic carbocycles. The molecule has 7 nitrogen and oxygen atoms in total. The lowest BCUT2D eigenvalue weighted by atomic mass is 10.2. The number of ether oxygens (including phenoxy) is 1. The number of hydrogen-bond acceptors (Lipinski definition) is 4. The summed E-state index contributed by atoms with van der Waals surface area (Å²) in [6.07, 6.45) is 6.53. The summed E-state index contributed by atoms with van der Waals surface area (Å²) in [4.78, 5) is 37.9. The summed E-state index contributed by atoms with van der Waals surface area (Å²) < 4.78 is 5.57. The van der Waals surface area contributed by atoms with Crippen LogP contribution in [0.5, 0.6) is 5.75 Å². The second-order valence-corrected chi connectivity index (χ2v) is 7.30. The number of benzene rings is 1. The second kappa shape index (κ2) is 12.8. The van der Waals surface area contributed by atoms with E-state index in [9.17, 15) is 14.4 Å². The van der Waals surface area contributed by atoms with Gasteiger partial charge in [-0.05, 0) is 49.9 Å². The first kappa shape index (κ1) is 22.7. The third-order valence-corrected chi connectivity index (χ3v) is 4.89. The number of unbranched alkanes of at least 4 members (excludes halogenated alkanes) is 1. The summed E-state index contributed by atoms with van der Waals surface area (Å²) in [6.45, 7) is 4.65. The van der Waals surface area contributed by atoms with Crippen LogP contribution in [0.15, 0.2) is 24.3 Å². The minimum atomic E-state index is -0.296. The van der Waals surface area contributed by atoms with Gasteiger partial charge in [-0.15, -0.1) is 0 Å². The normalized spacial score (nSPS) is 14.2. The highest BCUT2D eigenvalue weighted by molar-refractivity contribution is 5.96. The molecule has 1 aliphatic heterocycles. The zero-order valence-corrected chi connectivity index (χ0v) is 17.4. The van der Waals surface area contributed by atoms with Gasteiger partial charge >= 0.3 is 0 Å². The molecular formula is C22H33N3O4. The Labute approximate surface area is 173 Å². The Morgan fingerprint density at radius 3 is 2.62 bits per heavy atom. The van der Waals surface area contributed by atoms with Crippen LogP contribution < -0.4 is 15.4 Å². The van der Waals surface area contributed by atoms with Gasteiger partial charge in [0.15, 0.2) is 0 Å². The number of nitrogens with zero attached hydrogens (tertiary/aromatic N) is 1. The van der Waals surface area contributed by atoms with Crippen LogP contribution in [0.3, 0.4) is 0 Å². The van der Waals surface area contributed by atoms with E-state index in [1.165, 1.54) is 0 Å². The topological polar surface area (TPSA) is 87.7 Å². The molecule has 0 radical (unpaired) electrons. The Bertz CT molecular complexity index is 661. The van der Waals surface area contributed by atoms with Crippen molar-refractivity contribution in [3.8, 4) is 5.75 Å². The van der Waals surface area contributed by atoms with Gasteiger partial charge in [0.2, 0.25) is 11.8 Å². The van der Waals surface area contributed by atoms with E-state index in [-0.39, 0.29) is 24.3 Å². The lowest BCUT2D eigenvalue weighted by Gasteiger charge is -2.20. The Morgan fingerprint density at radius 1 is 1.07 bits per heavy atom. The van der Waals surface area contributed by atoms with Crippen LogP contribution in [0.1, 0.15) is 62.2 Å². The first-order chi connectivity index (χ1) is 14.1. The third kappa shape index (κ3) is 8.54. The maximum atomic E-state index is 12.1. The van der Waals surface area contributed by atoms with Crippen LogP contribution in [0.25, 0.3) is 0 Å². The van der Waals surface area contributed by atoms with E-state index >= 15 is 0 Å². The van der Waals surface area contributed by atoms with Crippen molar-refractivity contribution in [3.63, 3.8) is 0 Å². The zero-order chi connectivity index (χ0) is 20.9. The van der Waals surface area contributed by atoms with Crippen molar-refractivity contribution in [1.29, 1.82) is 0 Å². The number of carbonyl (C=O) groups excluding carboxylic acids is 3. The third-order valence-electron chi connectivity index (χ3n) is 4.89. The standard InChI is InChI=1S/C22H33N3O4/c1-2-3-16-29-19-11-9-18(10-12-19)22(28)24-17-20(26)23-13-7-15-25-14-6-4-5-8-21(25)27/h9-12H,2-8,13-17H2,1H3,(H,23,26)(H,24,28). The fourth-order valence-corrected chi connectivity index (χ4v) is 3.13. The minimum Gasteiger partial charge on any atom is -0.494 e. The summed E-state index contributed by atoms with van der Waals surface area (Å²) in [5.41, 5.74) is 0.486. The quantitative estimate of drug-likeness (QED) is 0.556. The number of nitrogens with one attached hydrogen (secondary N) is 2. The first-order valence-electron chi connectivity index (χ1n) is 10.7. The van der Waals surface area contributed by atoms with Crippen LogP contribution in [0.2, 0.25) is 0 Å². The van der Waals surface area contributed by atoms with Crippen LogP contribution >= 0.6 is 0 Å². The Morgan fingerprint density at radius 2 is 1.86 bits per heavy atom. The number of hydrogen-bond donors (Lipinski definition) is 2. The van der Waals surface area contributed by atoms with Crippen molar-refractivity contribution >= 4 is 17.7 Å². The molecule has 0 unspecified atom stereocenters. The highest BCUT2D eigenvalue weighted by atomic mass is 16.5. The van der Waals surface area contributed by atoms with Gasteiger partial charge < -0.3 is 20.3 Å². The number of rotatable bonds is 11. The molecular weight excluding hydrogens is 370 g/mol. The van der Waals surface area contributed by atoms with Gasteiger partial charge in [-0.25, -0.2) is 0 Å². The number of carbonyl (C=O) groups is 3. The van der Waals surface area contributed by atoms with E-state index in [1.807, 2.05) is 4.90 Å². The highest BCUT2D eigenvalue weighted by Crippen LogP contribution is 2.13. The molecule has 0 spiro atoms.